The molecule has 1 aliphatic rings. The Balaban J connectivity index is 1.66. The molecule has 1 aromatic carbocycles. The molecule has 6 heteroatoms. The Kier molecular flexibility index (Phi) is 7.21. The number of hydrogen-bond donors (Lipinski definition) is 1. The Hall–Kier alpha value is -1.92. The lowest BCUT2D eigenvalue weighted by atomic mass is 10.1. The minimum atomic E-state index is -0.0548. The molecule has 6 nitrogen and oxygen atoms in total. The van der Waals surface area contributed by atoms with Gasteiger partial charge in [0.25, 0.3) is 0 Å². The van der Waals surface area contributed by atoms with Crippen LogP contribution in [0.25, 0.3) is 0 Å². The second-order valence-corrected chi connectivity index (χ2v) is 6.19. The van der Waals surface area contributed by atoms with E-state index in [1.54, 1.807) is 16.8 Å². The SMILES string of the molecule is Cc1ccccc1CCNC(=O)CN(C)CC(=O)N1CCOCC1. The molecular formula is C18H27N3O3. The second-order valence-electron chi connectivity index (χ2n) is 6.19. The summed E-state index contributed by atoms with van der Waals surface area (Å²) >= 11 is 0. The van der Waals surface area contributed by atoms with Crippen molar-refractivity contribution >= 4 is 11.8 Å². The van der Waals surface area contributed by atoms with Gasteiger partial charge in [-0.15, -0.1) is 0 Å². The van der Waals surface area contributed by atoms with Crippen LogP contribution in [0.15, 0.2) is 24.3 Å². The van der Waals surface area contributed by atoms with Crippen LogP contribution >= 0.6 is 0 Å². The van der Waals surface area contributed by atoms with E-state index in [1.165, 1.54) is 11.1 Å². The van der Waals surface area contributed by atoms with Crippen molar-refractivity contribution in [3.63, 3.8) is 0 Å². The number of benzene rings is 1. The number of carbonyl (C=O) groups excluding carboxylic acids is 2. The summed E-state index contributed by atoms with van der Waals surface area (Å²) < 4.78 is 5.24. The highest BCUT2D eigenvalue weighted by molar-refractivity contribution is 5.81. The van der Waals surface area contributed by atoms with Crippen molar-refractivity contribution < 1.29 is 14.3 Å². The molecule has 1 N–H and O–H groups in total. The first kappa shape index (κ1) is 18.4. The fourth-order valence-corrected chi connectivity index (χ4v) is 2.73. The zero-order valence-electron chi connectivity index (χ0n) is 14.6. The molecule has 0 bridgehead atoms. The average molecular weight is 333 g/mol. The van der Waals surface area contributed by atoms with Crippen molar-refractivity contribution in [1.82, 2.24) is 15.1 Å². The maximum absolute atomic E-state index is 12.1. The summed E-state index contributed by atoms with van der Waals surface area (Å²) in [5.41, 5.74) is 2.48. The van der Waals surface area contributed by atoms with Crippen molar-refractivity contribution in [2.75, 3.05) is 53.0 Å². The fraction of sp³-hybridized carbons (Fsp3) is 0.556. The van der Waals surface area contributed by atoms with E-state index in [-0.39, 0.29) is 24.9 Å². The second kappa shape index (κ2) is 9.39. The molecule has 24 heavy (non-hydrogen) atoms. The number of ether oxygens (including phenoxy) is 1. The van der Waals surface area contributed by atoms with Gasteiger partial charge in [0.15, 0.2) is 0 Å². The Morgan fingerprint density at radius 3 is 2.62 bits per heavy atom. The van der Waals surface area contributed by atoms with Crippen LogP contribution in [0.2, 0.25) is 0 Å². The van der Waals surface area contributed by atoms with Gasteiger partial charge < -0.3 is 15.0 Å². The van der Waals surface area contributed by atoms with Crippen molar-refractivity contribution in [3.05, 3.63) is 35.4 Å². The molecule has 2 rings (SSSR count). The third-order valence-corrected chi connectivity index (χ3v) is 4.16. The van der Waals surface area contributed by atoms with Gasteiger partial charge in [-0.2, -0.15) is 0 Å². The van der Waals surface area contributed by atoms with Crippen molar-refractivity contribution in [2.24, 2.45) is 0 Å². The molecular weight excluding hydrogens is 306 g/mol. The largest absolute Gasteiger partial charge is 0.378 e. The lowest BCUT2D eigenvalue weighted by Gasteiger charge is -2.28. The summed E-state index contributed by atoms with van der Waals surface area (Å²) in [4.78, 5) is 27.7. The minimum absolute atomic E-state index is 0.0495. The monoisotopic (exact) mass is 333 g/mol. The summed E-state index contributed by atoms with van der Waals surface area (Å²) in [6, 6.07) is 8.17. The number of likely N-dealkylation sites (N-methyl/N-ethyl adjacent to an activating group) is 1. The molecule has 0 saturated carbocycles. The van der Waals surface area contributed by atoms with E-state index in [9.17, 15) is 9.59 Å². The van der Waals surface area contributed by atoms with Crippen LogP contribution in [-0.2, 0) is 20.7 Å². The Morgan fingerprint density at radius 2 is 1.92 bits per heavy atom. The van der Waals surface area contributed by atoms with E-state index in [4.69, 9.17) is 4.74 Å². The number of nitrogens with zero attached hydrogens (tertiary/aromatic N) is 2. The van der Waals surface area contributed by atoms with Gasteiger partial charge in [0.05, 0.1) is 26.3 Å². The van der Waals surface area contributed by atoms with E-state index in [1.807, 2.05) is 12.1 Å². The smallest absolute Gasteiger partial charge is 0.236 e. The van der Waals surface area contributed by atoms with Crippen LogP contribution in [0.5, 0.6) is 0 Å². The van der Waals surface area contributed by atoms with Gasteiger partial charge in [-0.1, -0.05) is 24.3 Å². The predicted octanol–water partition coefficient (Wildman–Crippen LogP) is 0.444. The van der Waals surface area contributed by atoms with E-state index in [2.05, 4.69) is 24.4 Å². The average Bonchev–Trinajstić information content (AvgIpc) is 2.57. The van der Waals surface area contributed by atoms with Crippen molar-refractivity contribution in [1.29, 1.82) is 0 Å². The molecule has 132 valence electrons. The maximum atomic E-state index is 12.1. The molecule has 0 aromatic heterocycles. The zero-order valence-corrected chi connectivity index (χ0v) is 14.6. The summed E-state index contributed by atoms with van der Waals surface area (Å²) in [5, 5.41) is 2.92. The molecule has 1 aromatic rings. The Labute approximate surface area is 143 Å². The number of hydrogen-bond acceptors (Lipinski definition) is 4. The first-order valence-corrected chi connectivity index (χ1v) is 8.41. The first-order chi connectivity index (χ1) is 11.6. The van der Waals surface area contributed by atoms with Crippen LogP contribution in [0.1, 0.15) is 11.1 Å². The third kappa shape index (κ3) is 5.94. The predicted molar refractivity (Wildman–Crippen MR) is 92.8 cm³/mol. The van der Waals surface area contributed by atoms with E-state index in [0.29, 0.717) is 32.8 Å². The van der Waals surface area contributed by atoms with Gasteiger partial charge in [0.1, 0.15) is 0 Å². The van der Waals surface area contributed by atoms with Gasteiger partial charge >= 0.3 is 0 Å². The molecule has 0 atom stereocenters. The quantitative estimate of drug-likeness (QED) is 0.787. The molecule has 1 aliphatic heterocycles. The topological polar surface area (TPSA) is 61.9 Å². The third-order valence-electron chi connectivity index (χ3n) is 4.16. The van der Waals surface area contributed by atoms with Gasteiger partial charge in [-0.3, -0.25) is 14.5 Å². The van der Waals surface area contributed by atoms with Gasteiger partial charge in [0.2, 0.25) is 11.8 Å². The van der Waals surface area contributed by atoms with Crippen molar-refractivity contribution in [3.8, 4) is 0 Å². The van der Waals surface area contributed by atoms with Gasteiger partial charge in [-0.05, 0) is 31.5 Å². The lowest BCUT2D eigenvalue weighted by molar-refractivity contribution is -0.136. The van der Waals surface area contributed by atoms with Crippen LogP contribution in [0.3, 0.4) is 0 Å². The number of aryl methyl sites for hydroxylation is 1. The summed E-state index contributed by atoms with van der Waals surface area (Å²) in [6.45, 7) is 5.61. The van der Waals surface area contributed by atoms with Crippen LogP contribution < -0.4 is 5.32 Å². The van der Waals surface area contributed by atoms with E-state index in [0.717, 1.165) is 6.42 Å². The van der Waals surface area contributed by atoms with E-state index >= 15 is 0 Å². The number of nitrogens with one attached hydrogen (secondary N) is 1. The normalized spacial score (nSPS) is 14.7. The van der Waals surface area contributed by atoms with Crippen molar-refractivity contribution in [2.45, 2.75) is 13.3 Å². The molecule has 0 spiro atoms. The highest BCUT2D eigenvalue weighted by Crippen LogP contribution is 2.06. The van der Waals surface area contributed by atoms with Crippen LogP contribution in [0, 0.1) is 6.92 Å². The van der Waals surface area contributed by atoms with Crippen LogP contribution in [-0.4, -0.2) is 74.6 Å². The number of morpholine rings is 1. The molecule has 2 amide bonds. The summed E-state index contributed by atoms with van der Waals surface area (Å²) in [7, 11) is 1.79. The Morgan fingerprint density at radius 1 is 1.21 bits per heavy atom. The number of rotatable bonds is 7. The minimum Gasteiger partial charge on any atom is -0.378 e. The summed E-state index contributed by atoms with van der Waals surface area (Å²) in [5.74, 6) is -0.00521. The number of carbonyl (C=O) groups is 2. The van der Waals surface area contributed by atoms with E-state index < -0.39 is 0 Å². The molecule has 0 unspecified atom stereocenters. The van der Waals surface area contributed by atoms with Gasteiger partial charge in [0, 0.05) is 19.6 Å². The molecule has 1 heterocycles. The highest BCUT2D eigenvalue weighted by atomic mass is 16.5. The molecule has 0 aliphatic carbocycles. The molecule has 1 saturated heterocycles. The number of amides is 2. The first-order valence-electron chi connectivity index (χ1n) is 8.41. The Bertz CT molecular complexity index is 556. The molecule has 0 radical (unpaired) electrons. The van der Waals surface area contributed by atoms with Gasteiger partial charge in [-0.25, -0.2) is 0 Å². The lowest BCUT2D eigenvalue weighted by Crippen LogP contribution is -2.46. The standard InChI is InChI=1S/C18H27N3O3/c1-15-5-3-4-6-16(15)7-8-19-17(22)13-20(2)14-18(23)21-9-11-24-12-10-21/h3-6H,7-14H2,1-2H3,(H,19,22). The fourth-order valence-electron chi connectivity index (χ4n) is 2.73. The zero-order chi connectivity index (χ0) is 17.4. The maximum Gasteiger partial charge on any atom is 0.236 e. The van der Waals surface area contributed by atoms with Crippen LogP contribution in [0.4, 0.5) is 0 Å². The highest BCUT2D eigenvalue weighted by Gasteiger charge is 2.19. The molecule has 1 fully saturated rings. The summed E-state index contributed by atoms with van der Waals surface area (Å²) in [6.07, 6.45) is 0.814.